The Morgan fingerprint density at radius 2 is 1.93 bits per heavy atom. The number of amides is 1. The molecule has 1 aliphatic rings. The topological polar surface area (TPSA) is 97.1 Å². The molecule has 8 nitrogen and oxygen atoms in total. The first-order valence-electron chi connectivity index (χ1n) is 8.25. The van der Waals surface area contributed by atoms with E-state index in [1.165, 1.54) is 36.5 Å². The Balaban J connectivity index is 1.71. The number of carbonyl (C=O) groups excluding carboxylic acids is 1. The minimum Gasteiger partial charge on any atom is -0.378 e. The average Bonchev–Trinajstić information content (AvgIpc) is 2.69. The van der Waals surface area contributed by atoms with Crippen molar-refractivity contribution in [2.45, 2.75) is 0 Å². The Kier molecular flexibility index (Phi) is 5.72. The molecule has 1 N–H and O–H groups in total. The molecule has 1 fully saturated rings. The smallest absolute Gasteiger partial charge is 0.293 e. The largest absolute Gasteiger partial charge is 0.378 e. The quantitative estimate of drug-likeness (QED) is 0.494. The SMILES string of the molecule is O=C(N/N=C\c1ccc(N2CCOCC2)c([N+](=O)[O-])c1)c1ccc(F)cc1. The molecule has 140 valence electrons. The number of benzene rings is 2. The van der Waals surface area contributed by atoms with Crippen LogP contribution in [0.5, 0.6) is 0 Å². The molecular weight excluding hydrogens is 355 g/mol. The van der Waals surface area contributed by atoms with Crippen LogP contribution in [0, 0.1) is 15.9 Å². The third-order valence-electron chi connectivity index (χ3n) is 4.03. The van der Waals surface area contributed by atoms with Crippen LogP contribution >= 0.6 is 0 Å². The van der Waals surface area contributed by atoms with Crippen LogP contribution in [0.25, 0.3) is 0 Å². The van der Waals surface area contributed by atoms with Gasteiger partial charge in [-0.1, -0.05) is 6.07 Å². The Labute approximate surface area is 154 Å². The third kappa shape index (κ3) is 4.64. The molecule has 0 bridgehead atoms. The number of nitrogens with one attached hydrogen (secondary N) is 1. The van der Waals surface area contributed by atoms with Gasteiger partial charge in [0, 0.05) is 30.3 Å². The zero-order chi connectivity index (χ0) is 19.2. The second-order valence-corrected chi connectivity index (χ2v) is 5.81. The number of nitro benzene ring substituents is 1. The molecule has 0 radical (unpaired) electrons. The van der Waals surface area contributed by atoms with Crippen LogP contribution < -0.4 is 10.3 Å². The van der Waals surface area contributed by atoms with Crippen molar-refractivity contribution in [1.29, 1.82) is 0 Å². The van der Waals surface area contributed by atoms with Gasteiger partial charge in [0.1, 0.15) is 11.5 Å². The zero-order valence-electron chi connectivity index (χ0n) is 14.3. The molecule has 1 saturated heterocycles. The molecule has 2 aromatic rings. The number of morpholine rings is 1. The molecule has 0 atom stereocenters. The van der Waals surface area contributed by atoms with E-state index in [-0.39, 0.29) is 11.3 Å². The normalized spacial score (nSPS) is 14.3. The predicted molar refractivity (Wildman–Crippen MR) is 97.6 cm³/mol. The van der Waals surface area contributed by atoms with Crippen LogP contribution in [-0.2, 0) is 4.74 Å². The van der Waals surface area contributed by atoms with Crippen LogP contribution in [-0.4, -0.2) is 43.3 Å². The fourth-order valence-electron chi connectivity index (χ4n) is 2.67. The Bertz CT molecular complexity index is 864. The highest BCUT2D eigenvalue weighted by Gasteiger charge is 2.21. The summed E-state index contributed by atoms with van der Waals surface area (Å²) in [6.45, 7) is 2.22. The van der Waals surface area contributed by atoms with Crippen molar-refractivity contribution in [2.75, 3.05) is 31.2 Å². The van der Waals surface area contributed by atoms with E-state index in [0.717, 1.165) is 0 Å². The van der Waals surface area contributed by atoms with Gasteiger partial charge < -0.3 is 9.64 Å². The highest BCUT2D eigenvalue weighted by molar-refractivity contribution is 5.95. The number of ether oxygens (including phenoxy) is 1. The summed E-state index contributed by atoms with van der Waals surface area (Å²) in [4.78, 5) is 24.8. The standard InChI is InChI=1S/C18H17FN4O4/c19-15-4-2-14(3-5-15)18(24)21-20-12-13-1-6-16(17(11-13)23(25)26)22-7-9-27-10-8-22/h1-6,11-12H,7-10H2,(H,21,24)/b20-12-. The molecule has 0 aromatic heterocycles. The minimum atomic E-state index is -0.509. The van der Waals surface area contributed by atoms with Crippen molar-refractivity contribution >= 4 is 23.5 Å². The van der Waals surface area contributed by atoms with Gasteiger partial charge >= 0.3 is 0 Å². The Hall–Kier alpha value is -3.33. The molecule has 0 unspecified atom stereocenters. The van der Waals surface area contributed by atoms with Gasteiger partial charge in [0.2, 0.25) is 0 Å². The fraction of sp³-hybridized carbons (Fsp3) is 0.222. The van der Waals surface area contributed by atoms with E-state index in [0.29, 0.717) is 37.6 Å². The number of hydrogen-bond acceptors (Lipinski definition) is 6. The third-order valence-corrected chi connectivity index (χ3v) is 4.03. The van der Waals surface area contributed by atoms with Crippen LogP contribution in [0.1, 0.15) is 15.9 Å². The van der Waals surface area contributed by atoms with E-state index >= 15 is 0 Å². The number of nitrogens with zero attached hydrogens (tertiary/aromatic N) is 3. The number of nitro groups is 1. The molecular formula is C18H17FN4O4. The van der Waals surface area contributed by atoms with Crippen molar-refractivity contribution in [3.63, 3.8) is 0 Å². The molecule has 1 aliphatic heterocycles. The maximum Gasteiger partial charge on any atom is 0.293 e. The van der Waals surface area contributed by atoms with Crippen molar-refractivity contribution in [3.05, 3.63) is 69.5 Å². The van der Waals surface area contributed by atoms with Gasteiger partial charge in [-0.15, -0.1) is 0 Å². The van der Waals surface area contributed by atoms with Gasteiger partial charge in [0.05, 0.1) is 24.4 Å². The Morgan fingerprint density at radius 3 is 2.59 bits per heavy atom. The lowest BCUT2D eigenvalue weighted by molar-refractivity contribution is -0.384. The number of rotatable bonds is 5. The summed E-state index contributed by atoms with van der Waals surface area (Å²) in [6.07, 6.45) is 1.32. The summed E-state index contributed by atoms with van der Waals surface area (Å²) in [6, 6.07) is 9.76. The van der Waals surface area contributed by atoms with E-state index in [1.54, 1.807) is 12.1 Å². The number of halogens is 1. The van der Waals surface area contributed by atoms with Gasteiger partial charge in [-0.2, -0.15) is 5.10 Å². The van der Waals surface area contributed by atoms with Crippen molar-refractivity contribution in [3.8, 4) is 0 Å². The lowest BCUT2D eigenvalue weighted by Gasteiger charge is -2.28. The molecule has 0 aliphatic carbocycles. The average molecular weight is 372 g/mol. The maximum absolute atomic E-state index is 12.9. The molecule has 0 spiro atoms. The number of hydrogen-bond donors (Lipinski definition) is 1. The summed E-state index contributed by atoms with van der Waals surface area (Å²) in [5.41, 5.74) is 3.51. The van der Waals surface area contributed by atoms with Gasteiger partial charge in [0.25, 0.3) is 11.6 Å². The summed E-state index contributed by atoms with van der Waals surface area (Å²) in [5, 5.41) is 15.2. The van der Waals surface area contributed by atoms with Crippen LogP contribution in [0.15, 0.2) is 47.6 Å². The van der Waals surface area contributed by atoms with E-state index < -0.39 is 16.6 Å². The van der Waals surface area contributed by atoms with Crippen LogP contribution in [0.3, 0.4) is 0 Å². The summed E-state index contributed by atoms with van der Waals surface area (Å²) < 4.78 is 18.1. The summed E-state index contributed by atoms with van der Waals surface area (Å²) >= 11 is 0. The first-order chi connectivity index (χ1) is 13.0. The lowest BCUT2D eigenvalue weighted by Crippen LogP contribution is -2.36. The summed E-state index contributed by atoms with van der Waals surface area (Å²) in [5.74, 6) is -0.951. The van der Waals surface area contributed by atoms with Crippen LogP contribution in [0.4, 0.5) is 15.8 Å². The molecule has 1 amide bonds. The monoisotopic (exact) mass is 372 g/mol. The van der Waals surface area contributed by atoms with E-state index in [1.807, 2.05) is 4.90 Å². The highest BCUT2D eigenvalue weighted by atomic mass is 19.1. The van der Waals surface area contributed by atoms with Gasteiger partial charge in [0.15, 0.2) is 0 Å². The molecule has 1 heterocycles. The number of carbonyl (C=O) groups is 1. The first-order valence-corrected chi connectivity index (χ1v) is 8.25. The summed E-state index contributed by atoms with van der Waals surface area (Å²) in [7, 11) is 0. The number of anilines is 1. The van der Waals surface area contributed by atoms with Gasteiger partial charge in [-0.25, -0.2) is 9.82 Å². The molecule has 2 aromatic carbocycles. The lowest BCUT2D eigenvalue weighted by atomic mass is 10.1. The molecule has 27 heavy (non-hydrogen) atoms. The van der Waals surface area contributed by atoms with Crippen molar-refractivity contribution in [2.24, 2.45) is 5.10 Å². The number of hydrazone groups is 1. The highest BCUT2D eigenvalue weighted by Crippen LogP contribution is 2.29. The maximum atomic E-state index is 12.9. The Morgan fingerprint density at radius 1 is 1.22 bits per heavy atom. The fourth-order valence-corrected chi connectivity index (χ4v) is 2.67. The van der Waals surface area contributed by atoms with Gasteiger partial charge in [-0.3, -0.25) is 14.9 Å². The predicted octanol–water partition coefficient (Wildman–Crippen LogP) is 2.33. The molecule has 3 rings (SSSR count). The van der Waals surface area contributed by atoms with E-state index in [4.69, 9.17) is 4.74 Å². The van der Waals surface area contributed by atoms with E-state index in [9.17, 15) is 19.3 Å². The van der Waals surface area contributed by atoms with Gasteiger partial charge in [-0.05, 0) is 30.3 Å². The molecule has 0 saturated carbocycles. The van der Waals surface area contributed by atoms with Crippen molar-refractivity contribution < 1.29 is 18.8 Å². The van der Waals surface area contributed by atoms with Crippen LogP contribution in [0.2, 0.25) is 0 Å². The second-order valence-electron chi connectivity index (χ2n) is 5.81. The van der Waals surface area contributed by atoms with Crippen molar-refractivity contribution in [1.82, 2.24) is 5.43 Å². The first kappa shape index (κ1) is 18.5. The minimum absolute atomic E-state index is 0.0364. The second kappa shape index (κ2) is 8.37. The molecule has 9 heteroatoms. The van der Waals surface area contributed by atoms with E-state index in [2.05, 4.69) is 10.5 Å². The zero-order valence-corrected chi connectivity index (χ0v) is 14.3.